The summed E-state index contributed by atoms with van der Waals surface area (Å²) in [6.45, 7) is 0. The zero-order valence-electron chi connectivity index (χ0n) is 11.5. The van der Waals surface area contributed by atoms with Crippen molar-refractivity contribution in [2.24, 2.45) is 0 Å². The van der Waals surface area contributed by atoms with E-state index in [9.17, 15) is 4.79 Å². The first-order chi connectivity index (χ1) is 10.3. The second-order valence-electron chi connectivity index (χ2n) is 5.63. The summed E-state index contributed by atoms with van der Waals surface area (Å²) in [4.78, 5) is 21.6. The number of rotatable bonds is 3. The summed E-state index contributed by atoms with van der Waals surface area (Å²) in [7, 11) is 0. The van der Waals surface area contributed by atoms with E-state index >= 15 is 0 Å². The van der Waals surface area contributed by atoms with E-state index in [2.05, 4.69) is 20.6 Å². The highest BCUT2D eigenvalue weighted by Crippen LogP contribution is 2.29. The predicted molar refractivity (Wildman–Crippen MR) is 81.2 cm³/mol. The Morgan fingerprint density at radius 3 is 2.90 bits per heavy atom. The molecule has 2 N–H and O–H groups in total. The number of thiazole rings is 1. The third-order valence-electron chi connectivity index (χ3n) is 4.28. The Morgan fingerprint density at radius 1 is 1.33 bits per heavy atom. The van der Waals surface area contributed by atoms with Crippen LogP contribution in [0.1, 0.15) is 29.1 Å². The topological polar surface area (TPSA) is 66.9 Å². The summed E-state index contributed by atoms with van der Waals surface area (Å²) in [5.74, 6) is -0.0559. The molecule has 5 nitrogen and oxygen atoms in total. The molecule has 2 fully saturated rings. The van der Waals surface area contributed by atoms with E-state index in [1.807, 2.05) is 12.1 Å². The van der Waals surface area contributed by atoms with Gasteiger partial charge in [-0.15, -0.1) is 11.3 Å². The largest absolute Gasteiger partial charge is 0.346 e. The molecule has 2 saturated heterocycles. The fraction of sp³-hybridized carbons (Fsp3) is 0.400. The van der Waals surface area contributed by atoms with Crippen molar-refractivity contribution in [2.45, 2.75) is 37.4 Å². The molecule has 2 aliphatic rings. The van der Waals surface area contributed by atoms with E-state index in [1.54, 1.807) is 18.6 Å². The highest BCUT2D eigenvalue weighted by atomic mass is 32.1. The molecule has 2 bridgehead atoms. The molecule has 0 unspecified atom stereocenters. The molecule has 0 spiro atoms. The summed E-state index contributed by atoms with van der Waals surface area (Å²) >= 11 is 1.43. The van der Waals surface area contributed by atoms with Gasteiger partial charge in [-0.2, -0.15) is 0 Å². The number of aromatic nitrogens is 2. The quantitative estimate of drug-likeness (QED) is 0.907. The van der Waals surface area contributed by atoms with Crippen LogP contribution >= 0.6 is 11.3 Å². The van der Waals surface area contributed by atoms with Crippen LogP contribution in [0, 0.1) is 0 Å². The van der Waals surface area contributed by atoms with Gasteiger partial charge in [-0.25, -0.2) is 4.98 Å². The third-order valence-corrected chi connectivity index (χ3v) is 5.33. The maximum Gasteiger partial charge on any atom is 0.280 e. The van der Waals surface area contributed by atoms with Gasteiger partial charge in [0.1, 0.15) is 0 Å². The highest BCUT2D eigenvalue weighted by Gasteiger charge is 2.39. The van der Waals surface area contributed by atoms with Crippen LogP contribution in [0.3, 0.4) is 0 Å². The number of nitrogens with zero attached hydrogens (tertiary/aromatic N) is 2. The maximum atomic E-state index is 12.3. The molecule has 0 saturated carbocycles. The number of carbonyl (C=O) groups is 1. The van der Waals surface area contributed by atoms with E-state index in [-0.39, 0.29) is 11.9 Å². The summed E-state index contributed by atoms with van der Waals surface area (Å²) in [5.41, 5.74) is 1.04. The lowest BCUT2D eigenvalue weighted by atomic mass is 9.95. The van der Waals surface area contributed by atoms with E-state index in [4.69, 9.17) is 0 Å². The smallest absolute Gasteiger partial charge is 0.280 e. The third kappa shape index (κ3) is 2.45. The van der Waals surface area contributed by atoms with Crippen molar-refractivity contribution in [2.75, 3.05) is 0 Å². The van der Waals surface area contributed by atoms with Crippen LogP contribution in [0.4, 0.5) is 0 Å². The van der Waals surface area contributed by atoms with Crippen LogP contribution in [-0.4, -0.2) is 34.0 Å². The lowest BCUT2D eigenvalue weighted by Gasteiger charge is -2.20. The standard InChI is InChI=1S/C15H16N4OS/c20-14(19-12-7-10-1-2-11(12)18-10)15-17-8-13(21-15)9-3-5-16-6-4-9/h3-6,8,10-12,18H,1-2,7H2,(H,19,20)/t10-,11+,12-/m1/s1. The van der Waals surface area contributed by atoms with Crippen LogP contribution in [0.5, 0.6) is 0 Å². The van der Waals surface area contributed by atoms with Crippen molar-refractivity contribution in [3.8, 4) is 10.4 Å². The van der Waals surface area contributed by atoms with Gasteiger partial charge >= 0.3 is 0 Å². The Kier molecular flexibility index (Phi) is 3.20. The zero-order chi connectivity index (χ0) is 14.2. The molecule has 4 rings (SSSR count). The van der Waals surface area contributed by atoms with Gasteiger partial charge in [-0.3, -0.25) is 9.78 Å². The minimum Gasteiger partial charge on any atom is -0.346 e. The molecular weight excluding hydrogens is 284 g/mol. The minimum atomic E-state index is -0.0559. The average Bonchev–Trinajstić information content (AvgIpc) is 3.24. The predicted octanol–water partition coefficient (Wildman–Crippen LogP) is 1.83. The van der Waals surface area contributed by atoms with E-state index in [0.717, 1.165) is 23.3 Å². The number of amides is 1. The number of carbonyl (C=O) groups excluding carboxylic acids is 1. The molecule has 21 heavy (non-hydrogen) atoms. The number of hydrogen-bond acceptors (Lipinski definition) is 5. The molecule has 3 atom stereocenters. The molecule has 6 heteroatoms. The van der Waals surface area contributed by atoms with Crippen molar-refractivity contribution in [1.82, 2.24) is 20.6 Å². The fourth-order valence-corrected chi connectivity index (χ4v) is 4.07. The van der Waals surface area contributed by atoms with Gasteiger partial charge in [0, 0.05) is 36.7 Å². The zero-order valence-corrected chi connectivity index (χ0v) is 12.3. The van der Waals surface area contributed by atoms with Crippen molar-refractivity contribution in [3.05, 3.63) is 35.7 Å². The van der Waals surface area contributed by atoms with Crippen molar-refractivity contribution >= 4 is 17.2 Å². The molecule has 2 aliphatic heterocycles. The van der Waals surface area contributed by atoms with Crippen LogP contribution in [0.2, 0.25) is 0 Å². The van der Waals surface area contributed by atoms with Gasteiger partial charge in [0.25, 0.3) is 5.91 Å². The molecule has 108 valence electrons. The van der Waals surface area contributed by atoms with E-state index in [1.165, 1.54) is 17.8 Å². The van der Waals surface area contributed by atoms with Crippen LogP contribution < -0.4 is 10.6 Å². The molecule has 2 aromatic heterocycles. The number of hydrogen-bond donors (Lipinski definition) is 2. The average molecular weight is 300 g/mol. The molecular formula is C15H16N4OS. The van der Waals surface area contributed by atoms with Crippen LogP contribution in [-0.2, 0) is 0 Å². The Hall–Kier alpha value is -1.79. The first kappa shape index (κ1) is 12.9. The monoisotopic (exact) mass is 300 g/mol. The van der Waals surface area contributed by atoms with Crippen LogP contribution in [0.25, 0.3) is 10.4 Å². The Bertz CT molecular complexity index is 657. The molecule has 0 aromatic carbocycles. The second-order valence-corrected chi connectivity index (χ2v) is 6.66. The first-order valence-electron chi connectivity index (χ1n) is 7.23. The number of fused-ring (bicyclic) bond motifs is 2. The highest BCUT2D eigenvalue weighted by molar-refractivity contribution is 7.16. The summed E-state index contributed by atoms with van der Waals surface area (Å²) < 4.78 is 0. The van der Waals surface area contributed by atoms with E-state index < -0.39 is 0 Å². The second kappa shape index (κ2) is 5.20. The van der Waals surface area contributed by atoms with Crippen molar-refractivity contribution in [3.63, 3.8) is 0 Å². The van der Waals surface area contributed by atoms with Gasteiger partial charge < -0.3 is 10.6 Å². The summed E-state index contributed by atoms with van der Waals surface area (Å²) in [6, 6.07) is 5.14. The minimum absolute atomic E-state index is 0.0559. The van der Waals surface area contributed by atoms with Crippen LogP contribution in [0.15, 0.2) is 30.7 Å². The van der Waals surface area contributed by atoms with E-state index in [0.29, 0.717) is 17.1 Å². The molecule has 1 amide bonds. The Labute approximate surface area is 126 Å². The summed E-state index contributed by atoms with van der Waals surface area (Å²) in [5, 5.41) is 7.18. The Morgan fingerprint density at radius 2 is 2.19 bits per heavy atom. The first-order valence-corrected chi connectivity index (χ1v) is 8.04. The maximum absolute atomic E-state index is 12.3. The molecule has 2 aromatic rings. The molecule has 0 aliphatic carbocycles. The Balaban J connectivity index is 1.47. The van der Waals surface area contributed by atoms with Gasteiger partial charge in [-0.05, 0) is 37.0 Å². The number of nitrogens with one attached hydrogen (secondary N) is 2. The van der Waals surface area contributed by atoms with Gasteiger partial charge in [-0.1, -0.05) is 0 Å². The fourth-order valence-electron chi connectivity index (χ4n) is 3.24. The van der Waals surface area contributed by atoms with Gasteiger partial charge in [0.05, 0.1) is 4.88 Å². The van der Waals surface area contributed by atoms with Crippen molar-refractivity contribution < 1.29 is 4.79 Å². The lowest BCUT2D eigenvalue weighted by molar-refractivity contribution is 0.0930. The van der Waals surface area contributed by atoms with Gasteiger partial charge in [0.15, 0.2) is 5.01 Å². The number of pyridine rings is 1. The normalized spacial score (nSPS) is 27.0. The molecule has 4 heterocycles. The lowest BCUT2D eigenvalue weighted by Crippen LogP contribution is -2.42. The van der Waals surface area contributed by atoms with Crippen molar-refractivity contribution in [1.29, 1.82) is 0 Å². The summed E-state index contributed by atoms with van der Waals surface area (Å²) in [6.07, 6.45) is 8.69. The molecule has 0 radical (unpaired) electrons. The SMILES string of the molecule is O=C(N[C@@H]1C[C@H]2CC[C@@H]1N2)c1ncc(-c2ccncc2)s1. The van der Waals surface area contributed by atoms with Gasteiger partial charge in [0.2, 0.25) is 0 Å².